The van der Waals surface area contributed by atoms with Crippen LogP contribution in [0.3, 0.4) is 0 Å². The third-order valence-electron chi connectivity index (χ3n) is 3.88. The van der Waals surface area contributed by atoms with E-state index in [1.807, 2.05) is 54.6 Å². The Bertz CT molecular complexity index is 957. The fraction of sp³-hybridized carbons (Fsp3) is 0.143. The first-order valence-electron chi connectivity index (χ1n) is 8.40. The Morgan fingerprint density at radius 3 is 2.48 bits per heavy atom. The summed E-state index contributed by atoms with van der Waals surface area (Å²) in [5, 5.41) is 5.27. The summed E-state index contributed by atoms with van der Waals surface area (Å²) in [4.78, 5) is 25.2. The van der Waals surface area contributed by atoms with E-state index in [0.29, 0.717) is 10.7 Å². The molecule has 4 nitrogen and oxygen atoms in total. The highest BCUT2D eigenvalue weighted by atomic mass is 35.5. The van der Waals surface area contributed by atoms with E-state index in [4.69, 9.17) is 16.3 Å². The Hall–Kier alpha value is -2.50. The molecule has 0 aliphatic rings. The van der Waals surface area contributed by atoms with E-state index in [2.05, 4.69) is 5.32 Å². The lowest BCUT2D eigenvalue weighted by molar-refractivity contribution is -0.150. The van der Waals surface area contributed by atoms with Crippen LogP contribution < -0.4 is 5.32 Å². The number of carbonyl (C=O) groups is 2. The maximum atomic E-state index is 12.1. The minimum absolute atomic E-state index is 0.0906. The number of nitrogens with one attached hydrogen (secondary N) is 1. The summed E-state index contributed by atoms with van der Waals surface area (Å²) in [7, 11) is 0. The Kier molecular flexibility index (Phi) is 6.37. The van der Waals surface area contributed by atoms with Gasteiger partial charge < -0.3 is 10.1 Å². The number of benzene rings is 3. The van der Waals surface area contributed by atoms with Crippen molar-refractivity contribution in [3.63, 3.8) is 0 Å². The summed E-state index contributed by atoms with van der Waals surface area (Å²) in [5.74, 6) is -0.736. The smallest absolute Gasteiger partial charge is 0.317 e. The zero-order valence-electron chi connectivity index (χ0n) is 14.6. The lowest BCUT2D eigenvalue weighted by Crippen LogP contribution is -2.30. The van der Waals surface area contributed by atoms with Gasteiger partial charge >= 0.3 is 5.97 Å². The van der Waals surface area contributed by atoms with Crippen molar-refractivity contribution in [3.8, 4) is 0 Å². The van der Waals surface area contributed by atoms with Crippen LogP contribution in [0.2, 0.25) is 5.02 Å². The maximum Gasteiger partial charge on any atom is 0.317 e. The average Bonchev–Trinajstić information content (AvgIpc) is 2.67. The number of esters is 1. The van der Waals surface area contributed by atoms with Crippen molar-refractivity contribution in [2.24, 2.45) is 0 Å². The van der Waals surface area contributed by atoms with Crippen LogP contribution in [0.1, 0.15) is 6.92 Å². The maximum absolute atomic E-state index is 12.1. The topological polar surface area (TPSA) is 55.4 Å². The van der Waals surface area contributed by atoms with E-state index in [0.717, 1.165) is 15.7 Å². The number of halogens is 1. The average molecular weight is 400 g/mol. The standard InChI is InChI=1S/C21H18ClNO3S/c1-14(21(25)23-16-9-3-2-4-10-16)26-19(24)13-27-18-12-6-8-15-7-5-11-17(22)20(15)18/h2-12,14H,13H2,1H3,(H,23,25)/t14-/m0/s1. The van der Waals surface area contributed by atoms with Crippen LogP contribution in [0.15, 0.2) is 71.6 Å². The second-order valence-corrected chi connectivity index (χ2v) is 7.29. The Morgan fingerprint density at radius 1 is 1.04 bits per heavy atom. The largest absolute Gasteiger partial charge is 0.452 e. The van der Waals surface area contributed by atoms with E-state index in [-0.39, 0.29) is 11.7 Å². The molecular weight excluding hydrogens is 382 g/mol. The number of carbonyl (C=O) groups excluding carboxylic acids is 2. The van der Waals surface area contributed by atoms with E-state index in [1.54, 1.807) is 19.1 Å². The van der Waals surface area contributed by atoms with Crippen molar-refractivity contribution in [2.45, 2.75) is 17.9 Å². The first-order valence-corrected chi connectivity index (χ1v) is 9.76. The monoisotopic (exact) mass is 399 g/mol. The molecule has 0 aromatic heterocycles. The SMILES string of the molecule is C[C@H](OC(=O)CSc1cccc2cccc(Cl)c12)C(=O)Nc1ccccc1. The number of ether oxygens (including phenoxy) is 1. The summed E-state index contributed by atoms with van der Waals surface area (Å²) >= 11 is 7.64. The number of thioether (sulfide) groups is 1. The van der Waals surface area contributed by atoms with Crippen molar-refractivity contribution in [1.82, 2.24) is 0 Å². The molecule has 1 amide bonds. The zero-order chi connectivity index (χ0) is 19.2. The molecule has 0 spiro atoms. The molecule has 0 bridgehead atoms. The summed E-state index contributed by atoms with van der Waals surface area (Å²) in [6.07, 6.45) is -0.880. The molecule has 0 fully saturated rings. The van der Waals surface area contributed by atoms with E-state index in [1.165, 1.54) is 11.8 Å². The van der Waals surface area contributed by atoms with Gasteiger partial charge in [0.1, 0.15) is 0 Å². The Balaban J connectivity index is 1.58. The van der Waals surface area contributed by atoms with E-state index < -0.39 is 12.1 Å². The van der Waals surface area contributed by atoms with Crippen LogP contribution in [-0.2, 0) is 14.3 Å². The second-order valence-electron chi connectivity index (χ2n) is 5.87. The van der Waals surface area contributed by atoms with Gasteiger partial charge in [0.25, 0.3) is 5.91 Å². The van der Waals surface area contributed by atoms with Gasteiger partial charge in [0.2, 0.25) is 0 Å². The highest BCUT2D eigenvalue weighted by Gasteiger charge is 2.18. The molecule has 6 heteroatoms. The van der Waals surface area contributed by atoms with Gasteiger partial charge in [-0.15, -0.1) is 11.8 Å². The van der Waals surface area contributed by atoms with Gasteiger partial charge in [0, 0.05) is 21.0 Å². The number of rotatable bonds is 6. The van der Waals surface area contributed by atoms with Crippen LogP contribution >= 0.6 is 23.4 Å². The minimum Gasteiger partial charge on any atom is -0.452 e. The lowest BCUT2D eigenvalue weighted by atomic mass is 10.1. The van der Waals surface area contributed by atoms with Crippen molar-refractivity contribution in [2.75, 3.05) is 11.1 Å². The van der Waals surface area contributed by atoms with Gasteiger partial charge in [-0.3, -0.25) is 9.59 Å². The lowest BCUT2D eigenvalue weighted by Gasteiger charge is -2.14. The molecule has 138 valence electrons. The summed E-state index contributed by atoms with van der Waals surface area (Å²) in [6.45, 7) is 1.55. The van der Waals surface area contributed by atoms with E-state index >= 15 is 0 Å². The molecule has 0 aliphatic heterocycles. The molecule has 1 N–H and O–H groups in total. The zero-order valence-corrected chi connectivity index (χ0v) is 16.2. The molecular formula is C21H18ClNO3S. The molecule has 3 aromatic rings. The predicted octanol–water partition coefficient (Wildman–Crippen LogP) is 5.16. The number of hydrogen-bond acceptors (Lipinski definition) is 4. The molecule has 3 rings (SSSR count). The fourth-order valence-electron chi connectivity index (χ4n) is 2.57. The van der Waals surface area contributed by atoms with Crippen molar-refractivity contribution in [3.05, 3.63) is 71.8 Å². The number of amides is 1. The van der Waals surface area contributed by atoms with Crippen molar-refractivity contribution < 1.29 is 14.3 Å². The first kappa shape index (κ1) is 19.3. The van der Waals surface area contributed by atoms with Crippen LogP contribution in [0.5, 0.6) is 0 Å². The molecule has 0 radical (unpaired) electrons. The van der Waals surface area contributed by atoms with Gasteiger partial charge in [-0.2, -0.15) is 0 Å². The minimum atomic E-state index is -0.880. The quantitative estimate of drug-likeness (QED) is 0.459. The normalized spacial score (nSPS) is 11.8. The first-order chi connectivity index (χ1) is 13.0. The highest BCUT2D eigenvalue weighted by molar-refractivity contribution is 8.00. The molecule has 0 aliphatic carbocycles. The number of fused-ring (bicyclic) bond motifs is 1. The van der Waals surface area contributed by atoms with E-state index in [9.17, 15) is 9.59 Å². The second kappa shape index (κ2) is 8.93. The highest BCUT2D eigenvalue weighted by Crippen LogP contribution is 2.33. The third-order valence-corrected chi connectivity index (χ3v) is 5.23. The van der Waals surface area contributed by atoms with Gasteiger partial charge in [-0.1, -0.05) is 54.1 Å². The van der Waals surface area contributed by atoms with Crippen LogP contribution in [0.25, 0.3) is 10.8 Å². The van der Waals surface area contributed by atoms with Crippen molar-refractivity contribution >= 4 is 51.7 Å². The molecule has 27 heavy (non-hydrogen) atoms. The molecule has 0 saturated heterocycles. The molecule has 0 saturated carbocycles. The Labute approximate surface area is 166 Å². The fourth-order valence-corrected chi connectivity index (χ4v) is 3.80. The summed E-state index contributed by atoms with van der Waals surface area (Å²) < 4.78 is 5.24. The van der Waals surface area contributed by atoms with Crippen LogP contribution in [-0.4, -0.2) is 23.7 Å². The molecule has 3 aromatic carbocycles. The third kappa shape index (κ3) is 5.02. The van der Waals surface area contributed by atoms with Crippen molar-refractivity contribution in [1.29, 1.82) is 0 Å². The van der Waals surface area contributed by atoms with Crippen LogP contribution in [0.4, 0.5) is 5.69 Å². The van der Waals surface area contributed by atoms with Gasteiger partial charge in [0.05, 0.1) is 5.75 Å². The van der Waals surface area contributed by atoms with Gasteiger partial charge in [-0.25, -0.2) is 0 Å². The van der Waals surface area contributed by atoms with Gasteiger partial charge in [0.15, 0.2) is 6.10 Å². The summed E-state index contributed by atoms with van der Waals surface area (Å²) in [6, 6.07) is 20.5. The van der Waals surface area contributed by atoms with Gasteiger partial charge in [-0.05, 0) is 36.6 Å². The summed E-state index contributed by atoms with van der Waals surface area (Å²) in [5.41, 5.74) is 0.658. The molecule has 1 atom stereocenters. The van der Waals surface area contributed by atoms with Crippen LogP contribution in [0, 0.1) is 0 Å². The number of para-hydroxylation sites is 1. The number of hydrogen-bond donors (Lipinski definition) is 1. The molecule has 0 heterocycles. The predicted molar refractivity (Wildman–Crippen MR) is 110 cm³/mol. The Morgan fingerprint density at radius 2 is 1.74 bits per heavy atom. The number of anilines is 1. The molecule has 0 unspecified atom stereocenters.